The summed E-state index contributed by atoms with van der Waals surface area (Å²) in [7, 11) is -3.53. The van der Waals surface area contributed by atoms with Crippen molar-refractivity contribution in [2.45, 2.75) is 24.1 Å². The van der Waals surface area contributed by atoms with Crippen molar-refractivity contribution in [2.75, 3.05) is 6.54 Å². The SMILES string of the molecule is CCCNS(=O)(=O)c1cc(CCl)ccc1Cl. The molecule has 0 atom stereocenters. The van der Waals surface area contributed by atoms with E-state index in [0.29, 0.717) is 6.54 Å². The Hall–Kier alpha value is -0.290. The van der Waals surface area contributed by atoms with Gasteiger partial charge in [-0.05, 0) is 24.1 Å². The number of alkyl halides is 1. The van der Waals surface area contributed by atoms with Crippen molar-refractivity contribution in [2.24, 2.45) is 0 Å². The van der Waals surface area contributed by atoms with Crippen LogP contribution in [0.1, 0.15) is 18.9 Å². The minimum Gasteiger partial charge on any atom is -0.211 e. The van der Waals surface area contributed by atoms with Crippen molar-refractivity contribution in [3.05, 3.63) is 28.8 Å². The van der Waals surface area contributed by atoms with Crippen molar-refractivity contribution < 1.29 is 8.42 Å². The van der Waals surface area contributed by atoms with Crippen LogP contribution < -0.4 is 4.72 Å². The van der Waals surface area contributed by atoms with Gasteiger partial charge >= 0.3 is 0 Å². The molecule has 16 heavy (non-hydrogen) atoms. The topological polar surface area (TPSA) is 46.2 Å². The van der Waals surface area contributed by atoms with Crippen molar-refractivity contribution >= 4 is 33.2 Å². The van der Waals surface area contributed by atoms with Crippen LogP contribution in [0.25, 0.3) is 0 Å². The minimum atomic E-state index is -3.53. The molecule has 1 aromatic rings. The molecule has 0 aliphatic carbocycles. The number of sulfonamides is 1. The molecular formula is C10H13Cl2NO2S. The first-order valence-corrected chi connectivity index (χ1v) is 7.25. The van der Waals surface area contributed by atoms with Gasteiger partial charge in [-0.25, -0.2) is 13.1 Å². The number of hydrogen-bond donors (Lipinski definition) is 1. The summed E-state index contributed by atoms with van der Waals surface area (Å²) < 4.78 is 26.1. The van der Waals surface area contributed by atoms with Crippen molar-refractivity contribution in [3.63, 3.8) is 0 Å². The molecule has 0 aromatic heterocycles. The lowest BCUT2D eigenvalue weighted by Crippen LogP contribution is -2.24. The quantitative estimate of drug-likeness (QED) is 0.844. The summed E-state index contributed by atoms with van der Waals surface area (Å²) in [5.41, 5.74) is 0.725. The van der Waals surface area contributed by atoms with E-state index in [2.05, 4.69) is 4.72 Å². The van der Waals surface area contributed by atoms with Gasteiger partial charge in [-0.15, -0.1) is 11.6 Å². The van der Waals surface area contributed by atoms with Gasteiger partial charge in [0, 0.05) is 12.4 Å². The Morgan fingerprint density at radius 2 is 2.06 bits per heavy atom. The zero-order chi connectivity index (χ0) is 12.2. The number of rotatable bonds is 5. The molecule has 1 rings (SSSR count). The first-order valence-electron chi connectivity index (χ1n) is 4.85. The Morgan fingerprint density at radius 1 is 1.38 bits per heavy atom. The highest BCUT2D eigenvalue weighted by molar-refractivity contribution is 7.89. The highest BCUT2D eigenvalue weighted by atomic mass is 35.5. The third-order valence-corrected chi connectivity index (χ3v) is 4.23. The lowest BCUT2D eigenvalue weighted by molar-refractivity contribution is 0.581. The normalized spacial score (nSPS) is 11.7. The summed E-state index contributed by atoms with van der Waals surface area (Å²) in [6.07, 6.45) is 0.728. The number of hydrogen-bond acceptors (Lipinski definition) is 2. The maximum atomic E-state index is 11.8. The van der Waals surface area contributed by atoms with Crippen LogP contribution in [-0.2, 0) is 15.9 Å². The largest absolute Gasteiger partial charge is 0.242 e. The van der Waals surface area contributed by atoms with Crippen molar-refractivity contribution in [3.8, 4) is 0 Å². The molecule has 0 aliphatic heterocycles. The molecule has 90 valence electrons. The van der Waals surface area contributed by atoms with Crippen LogP contribution in [0.15, 0.2) is 23.1 Å². The predicted octanol–water partition coefficient (Wildman–Crippen LogP) is 2.77. The second-order valence-corrected chi connectivity index (χ2v) is 5.71. The first-order chi connectivity index (χ1) is 7.51. The fourth-order valence-corrected chi connectivity index (χ4v) is 3.00. The summed E-state index contributed by atoms with van der Waals surface area (Å²) >= 11 is 11.5. The second-order valence-electron chi connectivity index (χ2n) is 3.30. The van der Waals surface area contributed by atoms with Gasteiger partial charge < -0.3 is 0 Å². The van der Waals surface area contributed by atoms with Crippen LogP contribution in [0.5, 0.6) is 0 Å². The third-order valence-electron chi connectivity index (χ3n) is 1.98. The lowest BCUT2D eigenvalue weighted by atomic mass is 10.2. The van der Waals surface area contributed by atoms with Gasteiger partial charge in [0.25, 0.3) is 0 Å². The van der Waals surface area contributed by atoms with Gasteiger partial charge in [-0.3, -0.25) is 0 Å². The monoisotopic (exact) mass is 281 g/mol. The van der Waals surface area contributed by atoms with Gasteiger partial charge in [-0.2, -0.15) is 0 Å². The molecule has 0 fully saturated rings. The molecule has 0 aliphatic rings. The Labute approximate surface area is 106 Å². The summed E-state index contributed by atoms with van der Waals surface area (Å²) in [4.78, 5) is 0.0840. The summed E-state index contributed by atoms with van der Waals surface area (Å²) in [6, 6.07) is 4.74. The van der Waals surface area contributed by atoms with Crippen LogP contribution in [0.3, 0.4) is 0 Å². The molecule has 0 spiro atoms. The van der Waals surface area contributed by atoms with Gasteiger partial charge in [0.1, 0.15) is 4.90 Å². The highest BCUT2D eigenvalue weighted by Gasteiger charge is 2.17. The summed E-state index contributed by atoms with van der Waals surface area (Å²) in [5, 5.41) is 0.206. The van der Waals surface area contributed by atoms with Crippen LogP contribution in [-0.4, -0.2) is 15.0 Å². The molecule has 0 amide bonds. The predicted molar refractivity (Wildman–Crippen MR) is 66.5 cm³/mol. The minimum absolute atomic E-state index is 0.0840. The van der Waals surface area contributed by atoms with Gasteiger partial charge in [0.2, 0.25) is 10.0 Å². The fourth-order valence-electron chi connectivity index (χ4n) is 1.15. The van der Waals surface area contributed by atoms with E-state index >= 15 is 0 Å². The van der Waals surface area contributed by atoms with Gasteiger partial charge in [-0.1, -0.05) is 24.6 Å². The first kappa shape index (κ1) is 13.8. The highest BCUT2D eigenvalue weighted by Crippen LogP contribution is 2.23. The summed E-state index contributed by atoms with van der Waals surface area (Å²) in [5.74, 6) is 0.257. The van der Waals surface area contributed by atoms with Crippen LogP contribution in [0, 0.1) is 0 Å². The molecule has 0 bridgehead atoms. The molecule has 3 nitrogen and oxygen atoms in total. The summed E-state index contributed by atoms with van der Waals surface area (Å²) in [6.45, 7) is 2.28. The maximum absolute atomic E-state index is 11.8. The van der Waals surface area contributed by atoms with E-state index in [1.165, 1.54) is 6.07 Å². The molecule has 0 saturated heterocycles. The van der Waals surface area contributed by atoms with E-state index in [9.17, 15) is 8.42 Å². The van der Waals surface area contributed by atoms with Gasteiger partial charge in [0.05, 0.1) is 5.02 Å². The lowest BCUT2D eigenvalue weighted by Gasteiger charge is -2.08. The zero-order valence-electron chi connectivity index (χ0n) is 8.83. The van der Waals surface area contributed by atoms with Crippen LogP contribution in [0.2, 0.25) is 5.02 Å². The number of nitrogens with one attached hydrogen (secondary N) is 1. The Kier molecular flexibility index (Phi) is 5.05. The third kappa shape index (κ3) is 3.35. The van der Waals surface area contributed by atoms with E-state index in [0.717, 1.165) is 12.0 Å². The van der Waals surface area contributed by atoms with Gasteiger partial charge in [0.15, 0.2) is 0 Å². The molecule has 0 unspecified atom stereocenters. The molecular weight excluding hydrogens is 269 g/mol. The Bertz CT molecular complexity index is 460. The number of halogens is 2. The Morgan fingerprint density at radius 3 is 2.62 bits per heavy atom. The zero-order valence-corrected chi connectivity index (χ0v) is 11.2. The van der Waals surface area contributed by atoms with E-state index < -0.39 is 10.0 Å². The molecule has 6 heteroatoms. The molecule has 0 heterocycles. The average molecular weight is 282 g/mol. The average Bonchev–Trinajstić information content (AvgIpc) is 2.27. The second kappa shape index (κ2) is 5.87. The van der Waals surface area contributed by atoms with Crippen LogP contribution >= 0.6 is 23.2 Å². The molecule has 0 radical (unpaired) electrons. The molecule has 0 saturated carbocycles. The number of benzene rings is 1. The van der Waals surface area contributed by atoms with E-state index in [4.69, 9.17) is 23.2 Å². The standard InChI is InChI=1S/C10H13Cl2NO2S/c1-2-5-13-16(14,15)10-6-8(7-11)3-4-9(10)12/h3-4,6,13H,2,5,7H2,1H3. The van der Waals surface area contributed by atoms with Crippen molar-refractivity contribution in [1.29, 1.82) is 0 Å². The van der Waals surface area contributed by atoms with Crippen molar-refractivity contribution in [1.82, 2.24) is 4.72 Å². The van der Waals surface area contributed by atoms with Crippen LogP contribution in [0.4, 0.5) is 0 Å². The van der Waals surface area contributed by atoms with E-state index in [1.807, 2.05) is 6.92 Å². The maximum Gasteiger partial charge on any atom is 0.242 e. The Balaban J connectivity index is 3.11. The molecule has 1 aromatic carbocycles. The molecule has 1 N–H and O–H groups in total. The van der Waals surface area contributed by atoms with E-state index in [-0.39, 0.29) is 15.8 Å². The fraction of sp³-hybridized carbons (Fsp3) is 0.400. The smallest absolute Gasteiger partial charge is 0.211 e. The van der Waals surface area contributed by atoms with E-state index in [1.54, 1.807) is 12.1 Å².